The molecule has 0 bridgehead atoms. The van der Waals surface area contributed by atoms with Crippen molar-refractivity contribution in [3.63, 3.8) is 0 Å². The summed E-state index contributed by atoms with van der Waals surface area (Å²) >= 11 is 11.9. The molecule has 24 heavy (non-hydrogen) atoms. The van der Waals surface area contributed by atoms with E-state index >= 15 is 0 Å². The molecule has 0 aliphatic carbocycles. The van der Waals surface area contributed by atoms with E-state index in [0.29, 0.717) is 34.5 Å². The molecule has 0 atom stereocenters. The van der Waals surface area contributed by atoms with E-state index in [2.05, 4.69) is 5.32 Å². The van der Waals surface area contributed by atoms with Crippen molar-refractivity contribution in [3.05, 3.63) is 57.6 Å². The highest BCUT2D eigenvalue weighted by Gasteiger charge is 2.08. The molecule has 1 amide bonds. The third-order valence-corrected chi connectivity index (χ3v) is 4.14. The lowest BCUT2D eigenvalue weighted by atomic mass is 10.1. The summed E-state index contributed by atoms with van der Waals surface area (Å²) in [7, 11) is 3.19. The molecule has 128 valence electrons. The van der Waals surface area contributed by atoms with Crippen molar-refractivity contribution in [2.75, 3.05) is 20.8 Å². The number of methoxy groups -OCH3 is 2. The van der Waals surface area contributed by atoms with Crippen molar-refractivity contribution < 1.29 is 14.3 Å². The summed E-state index contributed by atoms with van der Waals surface area (Å²) in [6.07, 6.45) is 0.919. The first-order valence-corrected chi connectivity index (χ1v) is 8.20. The molecule has 0 fully saturated rings. The Morgan fingerprint density at radius 3 is 2.46 bits per heavy atom. The minimum Gasteiger partial charge on any atom is -0.493 e. The van der Waals surface area contributed by atoms with Gasteiger partial charge in [-0.1, -0.05) is 35.3 Å². The zero-order valence-electron chi connectivity index (χ0n) is 13.6. The highest BCUT2D eigenvalue weighted by Crippen LogP contribution is 2.27. The number of hydrogen-bond acceptors (Lipinski definition) is 3. The first-order valence-electron chi connectivity index (χ1n) is 7.45. The lowest BCUT2D eigenvalue weighted by molar-refractivity contribution is -0.120. The number of carbonyl (C=O) groups excluding carboxylic acids is 1. The minimum absolute atomic E-state index is 0.0836. The van der Waals surface area contributed by atoms with E-state index in [4.69, 9.17) is 32.7 Å². The van der Waals surface area contributed by atoms with Gasteiger partial charge in [0.15, 0.2) is 11.5 Å². The van der Waals surface area contributed by atoms with Crippen LogP contribution in [-0.4, -0.2) is 26.7 Å². The fraction of sp³-hybridized carbons (Fsp3) is 0.278. The first-order chi connectivity index (χ1) is 11.5. The predicted octanol–water partition coefficient (Wildman–Crippen LogP) is 3.91. The average molecular weight is 368 g/mol. The van der Waals surface area contributed by atoms with E-state index in [1.807, 2.05) is 18.2 Å². The summed E-state index contributed by atoms with van der Waals surface area (Å²) in [5.41, 5.74) is 1.81. The molecule has 0 unspecified atom stereocenters. The lowest BCUT2D eigenvalue weighted by Gasteiger charge is -2.10. The first kappa shape index (κ1) is 18.4. The maximum Gasteiger partial charge on any atom is 0.224 e. The third kappa shape index (κ3) is 5.05. The zero-order chi connectivity index (χ0) is 17.5. The van der Waals surface area contributed by atoms with Crippen LogP contribution in [-0.2, 0) is 17.6 Å². The van der Waals surface area contributed by atoms with E-state index in [-0.39, 0.29) is 12.3 Å². The molecule has 2 aromatic carbocycles. The van der Waals surface area contributed by atoms with Crippen molar-refractivity contribution in [1.82, 2.24) is 5.32 Å². The number of hydrogen-bond donors (Lipinski definition) is 1. The number of carbonyl (C=O) groups is 1. The van der Waals surface area contributed by atoms with Crippen LogP contribution >= 0.6 is 23.2 Å². The third-order valence-electron chi connectivity index (χ3n) is 3.55. The van der Waals surface area contributed by atoms with Crippen LogP contribution in [0.4, 0.5) is 0 Å². The fourth-order valence-electron chi connectivity index (χ4n) is 2.28. The van der Waals surface area contributed by atoms with Crippen LogP contribution < -0.4 is 14.8 Å². The Bertz CT molecular complexity index is 719. The fourth-order valence-corrected chi connectivity index (χ4v) is 2.76. The molecule has 0 aliphatic rings. The Hall–Kier alpha value is -1.91. The maximum atomic E-state index is 12.0. The molecule has 2 aromatic rings. The summed E-state index contributed by atoms with van der Waals surface area (Å²) in [4.78, 5) is 12.0. The Labute approximate surface area is 151 Å². The Morgan fingerprint density at radius 1 is 1.04 bits per heavy atom. The molecule has 6 heteroatoms. The van der Waals surface area contributed by atoms with Gasteiger partial charge in [-0.05, 0) is 41.8 Å². The van der Waals surface area contributed by atoms with E-state index < -0.39 is 0 Å². The van der Waals surface area contributed by atoms with E-state index in [1.165, 1.54) is 0 Å². The van der Waals surface area contributed by atoms with Crippen molar-refractivity contribution >= 4 is 29.1 Å². The smallest absolute Gasteiger partial charge is 0.224 e. The van der Waals surface area contributed by atoms with Gasteiger partial charge in [0.1, 0.15) is 0 Å². The number of halogens is 2. The topological polar surface area (TPSA) is 47.6 Å². The van der Waals surface area contributed by atoms with Crippen LogP contribution in [0.2, 0.25) is 10.0 Å². The van der Waals surface area contributed by atoms with Crippen molar-refractivity contribution in [2.24, 2.45) is 0 Å². The quantitative estimate of drug-likeness (QED) is 0.806. The van der Waals surface area contributed by atoms with Crippen molar-refractivity contribution in [3.8, 4) is 11.5 Å². The summed E-state index contributed by atoms with van der Waals surface area (Å²) in [6, 6.07) is 10.8. The van der Waals surface area contributed by atoms with Crippen LogP contribution in [0.25, 0.3) is 0 Å². The molecule has 0 saturated heterocycles. The van der Waals surface area contributed by atoms with Crippen LogP contribution in [0, 0.1) is 0 Å². The average Bonchev–Trinajstić information content (AvgIpc) is 2.57. The molecule has 4 nitrogen and oxygen atoms in total. The SMILES string of the molecule is COc1ccc(CCNC(=O)Cc2ccc(Cl)cc2Cl)cc1OC. The van der Waals surface area contributed by atoms with Gasteiger partial charge in [0.25, 0.3) is 0 Å². The molecule has 0 heterocycles. The summed E-state index contributed by atoms with van der Waals surface area (Å²) < 4.78 is 10.5. The highest BCUT2D eigenvalue weighted by molar-refractivity contribution is 6.35. The van der Waals surface area contributed by atoms with Crippen LogP contribution in [0.3, 0.4) is 0 Å². The molecule has 0 aliphatic heterocycles. The van der Waals surface area contributed by atoms with Gasteiger partial charge in [-0.25, -0.2) is 0 Å². The van der Waals surface area contributed by atoms with Gasteiger partial charge < -0.3 is 14.8 Å². The number of ether oxygens (including phenoxy) is 2. The molecule has 0 aromatic heterocycles. The normalized spacial score (nSPS) is 10.3. The van der Waals surface area contributed by atoms with Crippen LogP contribution in [0.15, 0.2) is 36.4 Å². The number of rotatable bonds is 7. The maximum absolute atomic E-state index is 12.0. The summed E-state index contributed by atoms with van der Waals surface area (Å²) in [6.45, 7) is 0.527. The van der Waals surface area contributed by atoms with Gasteiger partial charge in [0.2, 0.25) is 5.91 Å². The summed E-state index contributed by atoms with van der Waals surface area (Å²) in [5.74, 6) is 1.27. The zero-order valence-corrected chi connectivity index (χ0v) is 15.1. The van der Waals surface area contributed by atoms with Crippen molar-refractivity contribution in [1.29, 1.82) is 0 Å². The molecule has 0 saturated carbocycles. The van der Waals surface area contributed by atoms with Gasteiger partial charge in [-0.3, -0.25) is 4.79 Å². The molecule has 2 rings (SSSR count). The van der Waals surface area contributed by atoms with Crippen LogP contribution in [0.5, 0.6) is 11.5 Å². The summed E-state index contributed by atoms with van der Waals surface area (Å²) in [5, 5.41) is 3.94. The standard InChI is InChI=1S/C18H19Cl2NO3/c1-23-16-6-3-12(9-17(16)24-2)7-8-21-18(22)10-13-4-5-14(19)11-15(13)20/h3-6,9,11H,7-8,10H2,1-2H3,(H,21,22). The second-order valence-electron chi connectivity index (χ2n) is 5.20. The molecular formula is C18H19Cl2NO3. The van der Waals surface area contributed by atoms with E-state index in [9.17, 15) is 4.79 Å². The predicted molar refractivity (Wildman–Crippen MR) is 96.4 cm³/mol. The number of nitrogens with one attached hydrogen (secondary N) is 1. The Kier molecular flexibility index (Phi) is 6.76. The molecular weight excluding hydrogens is 349 g/mol. The molecule has 0 spiro atoms. The van der Waals surface area contributed by atoms with E-state index in [0.717, 1.165) is 11.1 Å². The lowest BCUT2D eigenvalue weighted by Crippen LogP contribution is -2.27. The van der Waals surface area contributed by atoms with Gasteiger partial charge in [-0.2, -0.15) is 0 Å². The van der Waals surface area contributed by atoms with Gasteiger partial charge in [0, 0.05) is 16.6 Å². The highest BCUT2D eigenvalue weighted by atomic mass is 35.5. The van der Waals surface area contributed by atoms with Gasteiger partial charge in [-0.15, -0.1) is 0 Å². The van der Waals surface area contributed by atoms with Gasteiger partial charge in [0.05, 0.1) is 20.6 Å². The number of benzene rings is 2. The Morgan fingerprint density at radius 2 is 1.79 bits per heavy atom. The van der Waals surface area contributed by atoms with Crippen LogP contribution in [0.1, 0.15) is 11.1 Å². The van der Waals surface area contributed by atoms with Gasteiger partial charge >= 0.3 is 0 Å². The second-order valence-corrected chi connectivity index (χ2v) is 6.05. The molecule has 1 N–H and O–H groups in total. The largest absolute Gasteiger partial charge is 0.493 e. The molecule has 0 radical (unpaired) electrons. The Balaban J connectivity index is 1.86. The van der Waals surface area contributed by atoms with Crippen molar-refractivity contribution in [2.45, 2.75) is 12.8 Å². The second kappa shape index (κ2) is 8.81. The van der Waals surface area contributed by atoms with E-state index in [1.54, 1.807) is 32.4 Å². The minimum atomic E-state index is -0.0836. The monoisotopic (exact) mass is 367 g/mol. The number of amides is 1.